The van der Waals surface area contributed by atoms with E-state index in [2.05, 4.69) is 18.7 Å². The number of para-hydroxylation sites is 1. The molecule has 21 heavy (non-hydrogen) atoms. The lowest BCUT2D eigenvalue weighted by Crippen LogP contribution is -2.50. The molecule has 2 rings (SSSR count). The first-order valence-electron chi connectivity index (χ1n) is 7.47. The fourth-order valence-electron chi connectivity index (χ4n) is 2.46. The molecule has 1 fully saturated rings. The van der Waals surface area contributed by atoms with Gasteiger partial charge in [-0.2, -0.15) is 0 Å². The molecule has 0 atom stereocenters. The third-order valence-corrected chi connectivity index (χ3v) is 3.81. The smallest absolute Gasteiger partial charge is 0.226 e. The molecule has 0 saturated carbocycles. The molecule has 4 nitrogen and oxygen atoms in total. The lowest BCUT2D eigenvalue weighted by molar-refractivity contribution is -0.133. The molecule has 1 aliphatic heterocycles. The summed E-state index contributed by atoms with van der Waals surface area (Å²) < 4.78 is 18.7. The van der Waals surface area contributed by atoms with Gasteiger partial charge in [0.2, 0.25) is 5.91 Å². The number of hydrogen-bond donors (Lipinski definition) is 0. The van der Waals surface area contributed by atoms with Gasteiger partial charge >= 0.3 is 0 Å². The monoisotopic (exact) mass is 294 g/mol. The van der Waals surface area contributed by atoms with E-state index in [4.69, 9.17) is 4.74 Å². The summed E-state index contributed by atoms with van der Waals surface area (Å²) in [5.41, 5.74) is 0. The molecule has 116 valence electrons. The standard InChI is InChI=1S/C16H23FN2O2/c1-13(2)18-8-10-19(11-9-18)16(20)7-12-21-15-6-4-3-5-14(15)17/h3-6,13H,7-12H2,1-2H3. The second-order valence-corrected chi connectivity index (χ2v) is 5.54. The molecule has 0 aliphatic carbocycles. The van der Waals surface area contributed by atoms with Crippen LogP contribution < -0.4 is 4.74 Å². The average Bonchev–Trinajstić information content (AvgIpc) is 2.49. The molecule has 5 heteroatoms. The average molecular weight is 294 g/mol. The molecule has 1 heterocycles. The van der Waals surface area contributed by atoms with Gasteiger partial charge in [0.25, 0.3) is 0 Å². The Morgan fingerprint density at radius 1 is 1.24 bits per heavy atom. The van der Waals surface area contributed by atoms with Gasteiger partial charge < -0.3 is 9.64 Å². The van der Waals surface area contributed by atoms with Crippen molar-refractivity contribution in [2.75, 3.05) is 32.8 Å². The van der Waals surface area contributed by atoms with E-state index in [0.717, 1.165) is 26.2 Å². The maximum absolute atomic E-state index is 13.4. The van der Waals surface area contributed by atoms with Crippen LogP contribution in [-0.2, 0) is 4.79 Å². The predicted molar refractivity (Wildman–Crippen MR) is 79.8 cm³/mol. The summed E-state index contributed by atoms with van der Waals surface area (Å²) >= 11 is 0. The summed E-state index contributed by atoms with van der Waals surface area (Å²) in [5.74, 6) is -0.111. The lowest BCUT2D eigenvalue weighted by Gasteiger charge is -2.37. The molecule has 0 radical (unpaired) electrons. The van der Waals surface area contributed by atoms with Crippen molar-refractivity contribution in [3.05, 3.63) is 30.1 Å². The van der Waals surface area contributed by atoms with Crippen molar-refractivity contribution in [1.82, 2.24) is 9.80 Å². The Kier molecular flexibility index (Phi) is 5.56. The Morgan fingerprint density at radius 3 is 2.52 bits per heavy atom. The first kappa shape index (κ1) is 15.8. The molecule has 1 saturated heterocycles. The van der Waals surface area contributed by atoms with Crippen molar-refractivity contribution < 1.29 is 13.9 Å². The first-order valence-corrected chi connectivity index (χ1v) is 7.47. The summed E-state index contributed by atoms with van der Waals surface area (Å²) in [6.07, 6.45) is 0.288. The Hall–Kier alpha value is -1.62. The van der Waals surface area contributed by atoms with Crippen molar-refractivity contribution in [2.24, 2.45) is 0 Å². The van der Waals surface area contributed by atoms with Crippen LogP contribution in [0.5, 0.6) is 5.75 Å². The number of amides is 1. The van der Waals surface area contributed by atoms with Crippen LogP contribution >= 0.6 is 0 Å². The van der Waals surface area contributed by atoms with Gasteiger partial charge in [0.1, 0.15) is 0 Å². The Balaban J connectivity index is 1.72. The highest BCUT2D eigenvalue weighted by Gasteiger charge is 2.22. The maximum atomic E-state index is 13.4. The highest BCUT2D eigenvalue weighted by molar-refractivity contribution is 5.76. The highest BCUT2D eigenvalue weighted by atomic mass is 19.1. The fourth-order valence-corrected chi connectivity index (χ4v) is 2.46. The summed E-state index contributed by atoms with van der Waals surface area (Å²) in [6.45, 7) is 7.90. The number of carbonyl (C=O) groups is 1. The third kappa shape index (κ3) is 4.43. The van der Waals surface area contributed by atoms with E-state index in [1.165, 1.54) is 6.07 Å². The summed E-state index contributed by atoms with van der Waals surface area (Å²) in [6, 6.07) is 6.77. The predicted octanol–water partition coefficient (Wildman–Crippen LogP) is 2.15. The van der Waals surface area contributed by atoms with Gasteiger partial charge in [-0.05, 0) is 26.0 Å². The topological polar surface area (TPSA) is 32.8 Å². The van der Waals surface area contributed by atoms with E-state index in [-0.39, 0.29) is 24.7 Å². The molecule has 0 N–H and O–H groups in total. The van der Waals surface area contributed by atoms with Gasteiger partial charge in [0.15, 0.2) is 11.6 Å². The summed E-state index contributed by atoms with van der Waals surface area (Å²) in [5, 5.41) is 0. The zero-order valence-electron chi connectivity index (χ0n) is 12.7. The number of ether oxygens (including phenoxy) is 1. The van der Waals surface area contributed by atoms with Gasteiger partial charge in [-0.3, -0.25) is 9.69 Å². The Morgan fingerprint density at radius 2 is 1.90 bits per heavy atom. The van der Waals surface area contributed by atoms with E-state index >= 15 is 0 Å². The number of hydrogen-bond acceptors (Lipinski definition) is 3. The number of halogens is 1. The van der Waals surface area contributed by atoms with E-state index in [0.29, 0.717) is 6.04 Å². The van der Waals surface area contributed by atoms with Crippen LogP contribution in [0.25, 0.3) is 0 Å². The normalized spacial score (nSPS) is 16.3. The van der Waals surface area contributed by atoms with E-state index < -0.39 is 5.82 Å². The van der Waals surface area contributed by atoms with Crippen molar-refractivity contribution >= 4 is 5.91 Å². The van der Waals surface area contributed by atoms with Crippen LogP contribution in [-0.4, -0.2) is 54.5 Å². The molecule has 0 spiro atoms. The van der Waals surface area contributed by atoms with Gasteiger partial charge in [-0.1, -0.05) is 12.1 Å². The fraction of sp³-hybridized carbons (Fsp3) is 0.562. The largest absolute Gasteiger partial charge is 0.490 e. The van der Waals surface area contributed by atoms with Crippen molar-refractivity contribution in [3.63, 3.8) is 0 Å². The van der Waals surface area contributed by atoms with E-state index in [1.807, 2.05) is 4.90 Å². The minimum atomic E-state index is -0.393. The summed E-state index contributed by atoms with van der Waals surface area (Å²) in [4.78, 5) is 16.3. The van der Waals surface area contributed by atoms with Gasteiger partial charge in [-0.15, -0.1) is 0 Å². The SMILES string of the molecule is CC(C)N1CCN(C(=O)CCOc2ccccc2F)CC1. The molecule has 1 aliphatic rings. The lowest BCUT2D eigenvalue weighted by atomic mass is 10.2. The molecule has 1 aromatic rings. The maximum Gasteiger partial charge on any atom is 0.226 e. The molecular weight excluding hydrogens is 271 g/mol. The van der Waals surface area contributed by atoms with Gasteiger partial charge in [-0.25, -0.2) is 4.39 Å². The van der Waals surface area contributed by atoms with Crippen LogP contribution in [0.4, 0.5) is 4.39 Å². The van der Waals surface area contributed by atoms with Crippen molar-refractivity contribution in [2.45, 2.75) is 26.3 Å². The van der Waals surface area contributed by atoms with Crippen molar-refractivity contribution in [1.29, 1.82) is 0 Å². The third-order valence-electron chi connectivity index (χ3n) is 3.81. The van der Waals surface area contributed by atoms with Crippen molar-refractivity contribution in [3.8, 4) is 5.75 Å². The second-order valence-electron chi connectivity index (χ2n) is 5.54. The van der Waals surface area contributed by atoms with Gasteiger partial charge in [0, 0.05) is 32.2 Å². The van der Waals surface area contributed by atoms with Crippen LogP contribution in [0.15, 0.2) is 24.3 Å². The number of nitrogens with zero attached hydrogens (tertiary/aromatic N) is 2. The number of benzene rings is 1. The Bertz CT molecular complexity index is 471. The zero-order chi connectivity index (χ0) is 15.2. The molecule has 0 unspecified atom stereocenters. The highest BCUT2D eigenvalue weighted by Crippen LogP contribution is 2.15. The van der Waals surface area contributed by atoms with E-state index in [1.54, 1.807) is 18.2 Å². The number of piperazine rings is 1. The van der Waals surface area contributed by atoms with Crippen LogP contribution in [0.3, 0.4) is 0 Å². The molecule has 0 aromatic heterocycles. The minimum Gasteiger partial charge on any atom is -0.490 e. The molecule has 1 aromatic carbocycles. The van der Waals surface area contributed by atoms with Crippen LogP contribution in [0, 0.1) is 5.82 Å². The second kappa shape index (κ2) is 7.41. The van der Waals surface area contributed by atoms with E-state index in [9.17, 15) is 9.18 Å². The zero-order valence-corrected chi connectivity index (χ0v) is 12.7. The molecule has 0 bridgehead atoms. The number of carbonyl (C=O) groups excluding carboxylic acids is 1. The summed E-state index contributed by atoms with van der Waals surface area (Å²) in [7, 11) is 0. The van der Waals surface area contributed by atoms with Gasteiger partial charge in [0.05, 0.1) is 13.0 Å². The Labute approximate surface area is 125 Å². The molecular formula is C16H23FN2O2. The minimum absolute atomic E-state index is 0.0785. The first-order chi connectivity index (χ1) is 10.1. The molecule has 1 amide bonds. The van der Waals surface area contributed by atoms with Crippen LogP contribution in [0.2, 0.25) is 0 Å². The number of rotatable bonds is 5. The van der Waals surface area contributed by atoms with Crippen LogP contribution in [0.1, 0.15) is 20.3 Å². The quantitative estimate of drug-likeness (QED) is 0.834.